The van der Waals surface area contributed by atoms with Crippen molar-refractivity contribution >= 4 is 15.9 Å². The van der Waals surface area contributed by atoms with Gasteiger partial charge in [0.15, 0.2) is 0 Å². The number of hydrogen-bond donors (Lipinski definition) is 1. The summed E-state index contributed by atoms with van der Waals surface area (Å²) in [5.74, 6) is -0.726. The molecule has 0 radical (unpaired) electrons. The Morgan fingerprint density at radius 3 is 2.38 bits per heavy atom. The number of amides is 2. The Labute approximate surface area is 187 Å². The molecule has 0 aliphatic rings. The van der Waals surface area contributed by atoms with Crippen LogP contribution < -0.4 is 5.32 Å². The lowest BCUT2D eigenvalue weighted by Gasteiger charge is -2.22. The topological polar surface area (TPSA) is 84.3 Å². The standard InChI is InChI=1S/C23H27FN4O3S/c1-3-25-22(29)27(4-2)16-21-14-26-23(28(21)15-18-8-6-5-7-9-18)32(30,31)17-19-10-12-20(24)13-11-19/h5-14H,3-4,15-17H2,1-2H3,(H,25,29). The normalized spacial score (nSPS) is 11.3. The number of imidazole rings is 1. The van der Waals surface area contributed by atoms with Crippen LogP contribution in [0.25, 0.3) is 0 Å². The number of rotatable bonds is 9. The molecule has 0 aliphatic heterocycles. The summed E-state index contributed by atoms with van der Waals surface area (Å²) in [7, 11) is -3.82. The molecule has 7 nitrogen and oxygen atoms in total. The largest absolute Gasteiger partial charge is 0.338 e. The zero-order valence-corrected chi connectivity index (χ0v) is 19.0. The minimum absolute atomic E-state index is 0.0763. The quantitative estimate of drug-likeness (QED) is 0.531. The van der Waals surface area contributed by atoms with Crippen LogP contribution in [0.2, 0.25) is 0 Å². The summed E-state index contributed by atoms with van der Waals surface area (Å²) in [6, 6.07) is 14.6. The van der Waals surface area contributed by atoms with Gasteiger partial charge in [-0.3, -0.25) is 0 Å². The van der Waals surface area contributed by atoms with Gasteiger partial charge in [-0.15, -0.1) is 0 Å². The van der Waals surface area contributed by atoms with Crippen LogP contribution in [0.4, 0.5) is 9.18 Å². The second-order valence-corrected chi connectivity index (χ2v) is 9.22. The molecule has 1 N–H and O–H groups in total. The van der Waals surface area contributed by atoms with E-state index >= 15 is 0 Å². The highest BCUT2D eigenvalue weighted by atomic mass is 32.2. The van der Waals surface area contributed by atoms with Crippen molar-refractivity contribution in [1.29, 1.82) is 0 Å². The fourth-order valence-electron chi connectivity index (χ4n) is 3.35. The Kier molecular flexibility index (Phi) is 7.63. The highest BCUT2D eigenvalue weighted by molar-refractivity contribution is 7.90. The minimum Gasteiger partial charge on any atom is -0.338 e. The van der Waals surface area contributed by atoms with Gasteiger partial charge >= 0.3 is 6.03 Å². The van der Waals surface area contributed by atoms with Crippen LogP contribution in [0.1, 0.15) is 30.7 Å². The van der Waals surface area contributed by atoms with Crippen molar-refractivity contribution in [1.82, 2.24) is 19.8 Å². The van der Waals surface area contributed by atoms with Crippen molar-refractivity contribution in [2.75, 3.05) is 13.1 Å². The molecule has 32 heavy (non-hydrogen) atoms. The average molecular weight is 459 g/mol. The van der Waals surface area contributed by atoms with Crippen molar-refractivity contribution in [3.05, 3.63) is 83.4 Å². The number of sulfone groups is 1. The molecule has 2 amide bonds. The zero-order valence-electron chi connectivity index (χ0n) is 18.2. The summed E-state index contributed by atoms with van der Waals surface area (Å²) < 4.78 is 41.3. The van der Waals surface area contributed by atoms with Crippen LogP contribution in [-0.2, 0) is 28.7 Å². The van der Waals surface area contributed by atoms with E-state index in [4.69, 9.17) is 0 Å². The molecule has 0 saturated heterocycles. The third kappa shape index (κ3) is 5.73. The van der Waals surface area contributed by atoms with E-state index < -0.39 is 15.7 Å². The molecule has 170 valence electrons. The Hall–Kier alpha value is -3.20. The number of urea groups is 1. The van der Waals surface area contributed by atoms with Gasteiger partial charge in [0.1, 0.15) is 5.82 Å². The maximum absolute atomic E-state index is 13.2. The average Bonchev–Trinajstić information content (AvgIpc) is 3.17. The minimum atomic E-state index is -3.82. The molecule has 0 fully saturated rings. The van der Waals surface area contributed by atoms with Crippen LogP contribution in [0.15, 0.2) is 66.0 Å². The van der Waals surface area contributed by atoms with Crippen LogP contribution in [-0.4, -0.2) is 42.0 Å². The zero-order chi connectivity index (χ0) is 23.1. The molecule has 0 aliphatic carbocycles. The Balaban J connectivity index is 1.97. The predicted octanol–water partition coefficient (Wildman–Crippen LogP) is 3.60. The van der Waals surface area contributed by atoms with Gasteiger partial charge in [-0.25, -0.2) is 22.6 Å². The van der Waals surface area contributed by atoms with Crippen molar-refractivity contribution in [3.63, 3.8) is 0 Å². The molecular formula is C23H27FN4O3S. The summed E-state index contributed by atoms with van der Waals surface area (Å²) in [6.45, 7) is 5.16. The van der Waals surface area contributed by atoms with E-state index in [1.54, 1.807) is 9.47 Å². The summed E-state index contributed by atoms with van der Waals surface area (Å²) >= 11 is 0. The number of hydrogen-bond acceptors (Lipinski definition) is 4. The SMILES string of the molecule is CCNC(=O)N(CC)Cc1cnc(S(=O)(=O)Cc2ccc(F)cc2)n1Cc1ccccc1. The molecule has 1 aromatic heterocycles. The molecule has 3 aromatic rings. The van der Waals surface area contributed by atoms with E-state index in [2.05, 4.69) is 10.3 Å². The van der Waals surface area contributed by atoms with Gasteiger partial charge in [-0.1, -0.05) is 42.5 Å². The Morgan fingerprint density at radius 1 is 1.06 bits per heavy atom. The van der Waals surface area contributed by atoms with Crippen LogP contribution in [0.5, 0.6) is 0 Å². The maximum atomic E-state index is 13.2. The van der Waals surface area contributed by atoms with E-state index in [1.165, 1.54) is 30.5 Å². The highest BCUT2D eigenvalue weighted by Crippen LogP contribution is 2.20. The third-order valence-corrected chi connectivity index (χ3v) is 6.58. The molecule has 1 heterocycles. The molecule has 0 saturated carbocycles. The number of nitrogens with zero attached hydrogens (tertiary/aromatic N) is 3. The van der Waals surface area contributed by atoms with Gasteiger partial charge in [-0.05, 0) is 37.1 Å². The van der Waals surface area contributed by atoms with Gasteiger partial charge in [0.25, 0.3) is 0 Å². The van der Waals surface area contributed by atoms with Crippen LogP contribution in [0.3, 0.4) is 0 Å². The van der Waals surface area contributed by atoms with Crippen molar-refractivity contribution in [2.24, 2.45) is 0 Å². The summed E-state index contributed by atoms with van der Waals surface area (Å²) in [6.07, 6.45) is 1.50. The fourth-order valence-corrected chi connectivity index (χ4v) is 4.84. The Bertz CT molecular complexity index is 1150. The summed E-state index contributed by atoms with van der Waals surface area (Å²) in [5, 5.41) is 2.69. The van der Waals surface area contributed by atoms with Crippen molar-refractivity contribution in [3.8, 4) is 0 Å². The van der Waals surface area contributed by atoms with E-state index in [9.17, 15) is 17.6 Å². The number of nitrogens with one attached hydrogen (secondary N) is 1. The first-order chi connectivity index (χ1) is 15.3. The molecule has 0 atom stereocenters. The van der Waals surface area contributed by atoms with E-state index in [-0.39, 0.29) is 23.5 Å². The molecule has 2 aromatic carbocycles. The first-order valence-electron chi connectivity index (χ1n) is 10.4. The van der Waals surface area contributed by atoms with Gasteiger partial charge in [-0.2, -0.15) is 0 Å². The van der Waals surface area contributed by atoms with E-state index in [0.29, 0.717) is 30.9 Å². The van der Waals surface area contributed by atoms with E-state index in [1.807, 2.05) is 44.2 Å². The van der Waals surface area contributed by atoms with Crippen molar-refractivity contribution < 1.29 is 17.6 Å². The summed E-state index contributed by atoms with van der Waals surface area (Å²) in [4.78, 5) is 18.2. The number of halogens is 1. The van der Waals surface area contributed by atoms with Crippen LogP contribution in [0, 0.1) is 5.82 Å². The molecular weight excluding hydrogens is 431 g/mol. The van der Waals surface area contributed by atoms with Crippen LogP contribution >= 0.6 is 0 Å². The smallest absolute Gasteiger partial charge is 0.317 e. The van der Waals surface area contributed by atoms with Gasteiger partial charge in [0, 0.05) is 13.1 Å². The highest BCUT2D eigenvalue weighted by Gasteiger charge is 2.25. The van der Waals surface area contributed by atoms with Gasteiger partial charge in [0.2, 0.25) is 15.0 Å². The Morgan fingerprint density at radius 2 is 1.75 bits per heavy atom. The maximum Gasteiger partial charge on any atom is 0.317 e. The van der Waals surface area contributed by atoms with E-state index in [0.717, 1.165) is 5.56 Å². The number of benzene rings is 2. The first kappa shape index (κ1) is 23.5. The van der Waals surface area contributed by atoms with Crippen molar-refractivity contribution in [2.45, 2.75) is 37.8 Å². The second kappa shape index (κ2) is 10.4. The monoisotopic (exact) mass is 458 g/mol. The fraction of sp³-hybridized carbons (Fsp3) is 0.304. The predicted molar refractivity (Wildman–Crippen MR) is 120 cm³/mol. The first-order valence-corrected chi connectivity index (χ1v) is 12.1. The molecule has 0 unspecified atom stereocenters. The summed E-state index contributed by atoms with van der Waals surface area (Å²) in [5.41, 5.74) is 1.99. The second-order valence-electron chi connectivity index (χ2n) is 7.34. The lowest BCUT2D eigenvalue weighted by atomic mass is 10.2. The number of aromatic nitrogens is 2. The van der Waals surface area contributed by atoms with Gasteiger partial charge in [0.05, 0.1) is 30.7 Å². The molecule has 3 rings (SSSR count). The lowest BCUT2D eigenvalue weighted by molar-refractivity contribution is 0.197. The third-order valence-electron chi connectivity index (χ3n) is 4.98. The van der Waals surface area contributed by atoms with Gasteiger partial charge < -0.3 is 14.8 Å². The lowest BCUT2D eigenvalue weighted by Crippen LogP contribution is -2.39. The molecule has 9 heteroatoms. The molecule has 0 spiro atoms. The number of carbonyl (C=O) groups is 1. The molecule has 0 bridgehead atoms. The number of carbonyl (C=O) groups excluding carboxylic acids is 1.